The van der Waals surface area contributed by atoms with Crippen molar-refractivity contribution in [1.82, 2.24) is 14.9 Å². The van der Waals surface area contributed by atoms with Gasteiger partial charge in [0.2, 0.25) is 5.91 Å². The number of thiazole rings is 2. The third kappa shape index (κ3) is 4.48. The predicted octanol–water partition coefficient (Wildman–Crippen LogP) is 2.51. The van der Waals surface area contributed by atoms with E-state index in [9.17, 15) is 4.79 Å². The summed E-state index contributed by atoms with van der Waals surface area (Å²) in [6.45, 7) is 5.22. The Morgan fingerprint density at radius 2 is 2.10 bits per heavy atom. The first-order valence-corrected chi connectivity index (χ1v) is 8.25. The summed E-state index contributed by atoms with van der Waals surface area (Å²) in [5.41, 5.74) is 1.79. The van der Waals surface area contributed by atoms with E-state index in [-0.39, 0.29) is 5.91 Å². The number of hydrogen-bond acceptors (Lipinski definition) is 7. The van der Waals surface area contributed by atoms with E-state index in [1.54, 1.807) is 11.3 Å². The summed E-state index contributed by atoms with van der Waals surface area (Å²) in [6, 6.07) is 0. The molecule has 0 aliphatic carbocycles. The zero-order chi connectivity index (χ0) is 15.4. The zero-order valence-corrected chi connectivity index (χ0v) is 14.2. The zero-order valence-electron chi connectivity index (χ0n) is 12.6. The SMILES string of the molecule is CC(=O)Nc1nc(C)c(-c2csc(NCCN(C)C)n2)s1. The van der Waals surface area contributed by atoms with Gasteiger partial charge in [0.25, 0.3) is 0 Å². The van der Waals surface area contributed by atoms with Crippen LogP contribution < -0.4 is 10.6 Å². The molecule has 0 bridgehead atoms. The van der Waals surface area contributed by atoms with Crippen LogP contribution in [0, 0.1) is 6.92 Å². The van der Waals surface area contributed by atoms with Crippen molar-refractivity contribution >= 4 is 38.8 Å². The molecule has 21 heavy (non-hydrogen) atoms. The maximum atomic E-state index is 11.1. The Bertz CT molecular complexity index is 620. The van der Waals surface area contributed by atoms with Crippen LogP contribution in [-0.2, 0) is 4.79 Å². The maximum Gasteiger partial charge on any atom is 0.223 e. The summed E-state index contributed by atoms with van der Waals surface area (Å²) in [5, 5.41) is 9.55. The van der Waals surface area contributed by atoms with Gasteiger partial charge in [0.15, 0.2) is 10.3 Å². The van der Waals surface area contributed by atoms with Crippen molar-refractivity contribution in [2.45, 2.75) is 13.8 Å². The lowest BCUT2D eigenvalue weighted by Gasteiger charge is -2.08. The summed E-state index contributed by atoms with van der Waals surface area (Å²) in [4.78, 5) is 23.1. The van der Waals surface area contributed by atoms with Crippen LogP contribution in [0.15, 0.2) is 5.38 Å². The highest BCUT2D eigenvalue weighted by atomic mass is 32.1. The minimum absolute atomic E-state index is 0.111. The van der Waals surface area contributed by atoms with Gasteiger partial charge < -0.3 is 15.5 Å². The van der Waals surface area contributed by atoms with Crippen molar-refractivity contribution in [2.75, 3.05) is 37.8 Å². The standard InChI is InChI=1S/C13H19N5OS2/c1-8-11(21-13(15-8)16-9(2)19)10-7-20-12(17-10)14-5-6-18(3)4/h7H,5-6H2,1-4H3,(H,14,17)(H,15,16,19). The summed E-state index contributed by atoms with van der Waals surface area (Å²) >= 11 is 3.03. The molecule has 2 aromatic heterocycles. The van der Waals surface area contributed by atoms with Crippen LogP contribution >= 0.6 is 22.7 Å². The van der Waals surface area contributed by atoms with E-state index >= 15 is 0 Å². The van der Waals surface area contributed by atoms with E-state index < -0.39 is 0 Å². The minimum atomic E-state index is -0.111. The second-order valence-corrected chi connectivity index (χ2v) is 6.74. The molecule has 2 rings (SSSR count). The lowest BCUT2D eigenvalue weighted by atomic mass is 10.3. The quantitative estimate of drug-likeness (QED) is 0.854. The molecule has 0 saturated heterocycles. The molecule has 0 fully saturated rings. The molecule has 1 amide bonds. The molecule has 0 unspecified atom stereocenters. The third-order valence-corrected chi connectivity index (χ3v) is 4.55. The number of rotatable bonds is 6. The fourth-order valence-corrected chi connectivity index (χ4v) is 3.46. The Kier molecular flexibility index (Phi) is 5.27. The smallest absolute Gasteiger partial charge is 0.223 e. The normalized spacial score (nSPS) is 10.9. The number of amides is 1. The highest BCUT2D eigenvalue weighted by molar-refractivity contribution is 7.19. The van der Waals surface area contributed by atoms with Crippen LogP contribution in [0.5, 0.6) is 0 Å². The van der Waals surface area contributed by atoms with Crippen LogP contribution in [0.25, 0.3) is 10.6 Å². The van der Waals surface area contributed by atoms with Gasteiger partial charge in [-0.05, 0) is 21.0 Å². The summed E-state index contributed by atoms with van der Waals surface area (Å²) in [7, 11) is 4.08. The van der Waals surface area contributed by atoms with Gasteiger partial charge in [-0.2, -0.15) is 0 Å². The average Bonchev–Trinajstić information content (AvgIpc) is 2.95. The Hall–Kier alpha value is -1.51. The molecule has 114 valence electrons. The Morgan fingerprint density at radius 1 is 1.33 bits per heavy atom. The highest BCUT2D eigenvalue weighted by Gasteiger charge is 2.13. The van der Waals surface area contributed by atoms with Gasteiger partial charge in [0, 0.05) is 25.4 Å². The fraction of sp³-hybridized carbons (Fsp3) is 0.462. The predicted molar refractivity (Wildman–Crippen MR) is 89.3 cm³/mol. The Morgan fingerprint density at radius 3 is 2.76 bits per heavy atom. The van der Waals surface area contributed by atoms with Gasteiger partial charge in [-0.1, -0.05) is 11.3 Å². The Balaban J connectivity index is 2.06. The van der Waals surface area contributed by atoms with Gasteiger partial charge in [0.1, 0.15) is 0 Å². The fourth-order valence-electron chi connectivity index (χ4n) is 1.68. The first-order valence-electron chi connectivity index (χ1n) is 6.55. The second kappa shape index (κ2) is 6.97. The lowest BCUT2D eigenvalue weighted by molar-refractivity contribution is -0.114. The van der Waals surface area contributed by atoms with Crippen LogP contribution in [0.3, 0.4) is 0 Å². The van der Waals surface area contributed by atoms with Crippen molar-refractivity contribution in [3.63, 3.8) is 0 Å². The topological polar surface area (TPSA) is 70.2 Å². The van der Waals surface area contributed by atoms with E-state index in [0.717, 1.165) is 34.5 Å². The van der Waals surface area contributed by atoms with Crippen LogP contribution in [0.1, 0.15) is 12.6 Å². The van der Waals surface area contributed by atoms with Gasteiger partial charge in [-0.3, -0.25) is 4.79 Å². The summed E-state index contributed by atoms with van der Waals surface area (Å²) < 4.78 is 0. The van der Waals surface area contributed by atoms with E-state index in [1.807, 2.05) is 26.4 Å². The van der Waals surface area contributed by atoms with Gasteiger partial charge in [-0.15, -0.1) is 11.3 Å². The number of hydrogen-bond donors (Lipinski definition) is 2. The molecule has 2 N–H and O–H groups in total. The number of carbonyl (C=O) groups excluding carboxylic acids is 1. The van der Waals surface area contributed by atoms with Crippen molar-refractivity contribution in [1.29, 1.82) is 0 Å². The number of likely N-dealkylation sites (N-methyl/N-ethyl adjacent to an activating group) is 1. The molecule has 0 aliphatic heterocycles. The molecular weight excluding hydrogens is 306 g/mol. The molecule has 0 atom stereocenters. The van der Waals surface area contributed by atoms with E-state index in [4.69, 9.17) is 0 Å². The first-order chi connectivity index (χ1) is 9.95. The number of aryl methyl sites for hydroxylation is 1. The molecule has 0 spiro atoms. The maximum absolute atomic E-state index is 11.1. The molecule has 0 radical (unpaired) electrons. The van der Waals surface area contributed by atoms with Crippen LogP contribution in [0.4, 0.5) is 10.3 Å². The molecule has 0 saturated carbocycles. The first kappa shape index (κ1) is 15.9. The van der Waals surface area contributed by atoms with Gasteiger partial charge in [0.05, 0.1) is 16.3 Å². The molecule has 2 heterocycles. The molecule has 0 aliphatic rings. The Labute approximate surface area is 132 Å². The molecule has 2 aromatic rings. The second-order valence-electron chi connectivity index (χ2n) is 4.88. The highest BCUT2D eigenvalue weighted by Crippen LogP contribution is 2.34. The van der Waals surface area contributed by atoms with Gasteiger partial charge in [-0.25, -0.2) is 9.97 Å². The molecule has 6 nitrogen and oxygen atoms in total. The molecule has 8 heteroatoms. The van der Waals surface area contributed by atoms with Crippen molar-refractivity contribution in [3.05, 3.63) is 11.1 Å². The van der Waals surface area contributed by atoms with E-state index in [0.29, 0.717) is 5.13 Å². The molecular formula is C13H19N5OS2. The number of anilines is 2. The lowest BCUT2D eigenvalue weighted by Crippen LogP contribution is -2.20. The number of aromatic nitrogens is 2. The summed E-state index contributed by atoms with van der Waals surface area (Å²) in [5.74, 6) is -0.111. The number of nitrogens with zero attached hydrogens (tertiary/aromatic N) is 3. The third-order valence-electron chi connectivity index (χ3n) is 2.65. The van der Waals surface area contributed by atoms with E-state index in [2.05, 4.69) is 25.5 Å². The van der Waals surface area contributed by atoms with Crippen LogP contribution in [0.2, 0.25) is 0 Å². The minimum Gasteiger partial charge on any atom is -0.360 e. The number of nitrogens with one attached hydrogen (secondary N) is 2. The largest absolute Gasteiger partial charge is 0.360 e. The van der Waals surface area contributed by atoms with E-state index in [1.165, 1.54) is 18.3 Å². The number of carbonyl (C=O) groups is 1. The van der Waals surface area contributed by atoms with Crippen LogP contribution in [-0.4, -0.2) is 48.0 Å². The van der Waals surface area contributed by atoms with Gasteiger partial charge >= 0.3 is 0 Å². The van der Waals surface area contributed by atoms with Crippen molar-refractivity contribution in [2.24, 2.45) is 0 Å². The summed E-state index contributed by atoms with van der Waals surface area (Å²) in [6.07, 6.45) is 0. The van der Waals surface area contributed by atoms with Crippen molar-refractivity contribution in [3.8, 4) is 10.6 Å². The monoisotopic (exact) mass is 325 g/mol. The van der Waals surface area contributed by atoms with Crippen molar-refractivity contribution < 1.29 is 4.79 Å². The average molecular weight is 325 g/mol. The molecule has 0 aromatic carbocycles.